The van der Waals surface area contributed by atoms with Crippen LogP contribution in [-0.2, 0) is 31.6 Å². The van der Waals surface area contributed by atoms with Crippen LogP contribution in [0.15, 0.2) is 60.7 Å². The van der Waals surface area contributed by atoms with E-state index >= 15 is 0 Å². The minimum absolute atomic E-state index is 0.186. The lowest BCUT2D eigenvalue weighted by atomic mass is 9.57. The lowest BCUT2D eigenvalue weighted by molar-refractivity contribution is -0.626. The maximum absolute atomic E-state index is 11.5. The third-order valence-corrected chi connectivity index (χ3v) is 9.07. The number of ether oxygens (including phenoxy) is 3. The molecular weight excluding hydrogens is 504 g/mol. The molecule has 0 aliphatic carbocycles. The topological polar surface area (TPSA) is 66.4 Å². The van der Waals surface area contributed by atoms with Crippen molar-refractivity contribution in [2.75, 3.05) is 6.61 Å². The predicted molar refractivity (Wildman–Crippen MR) is 154 cm³/mol. The van der Waals surface area contributed by atoms with Gasteiger partial charge in [-0.25, -0.2) is 4.89 Å². The molecule has 208 valence electrons. The largest absolute Gasteiger partial charge is 0.507 e. The van der Waals surface area contributed by atoms with E-state index in [4.69, 9.17) is 24.0 Å². The fraction of sp³-hybridized carbons (Fsp3) is 0.412. The molecule has 0 aromatic heterocycles. The van der Waals surface area contributed by atoms with Gasteiger partial charge in [-0.3, -0.25) is 0 Å². The lowest BCUT2D eigenvalue weighted by Crippen LogP contribution is -2.73. The van der Waals surface area contributed by atoms with Gasteiger partial charge in [-0.15, -0.1) is 0 Å². The van der Waals surface area contributed by atoms with Crippen LogP contribution < -0.4 is 4.74 Å². The lowest BCUT2D eigenvalue weighted by Gasteiger charge is -2.61. The van der Waals surface area contributed by atoms with Gasteiger partial charge < -0.3 is 19.3 Å². The van der Waals surface area contributed by atoms with Gasteiger partial charge in [-0.05, 0) is 33.7 Å². The Morgan fingerprint density at radius 3 is 2.25 bits per heavy atom. The van der Waals surface area contributed by atoms with E-state index in [2.05, 4.69) is 58.9 Å². The second kappa shape index (κ2) is 7.98. The Morgan fingerprint density at radius 2 is 1.52 bits per heavy atom. The average Bonchev–Trinajstić information content (AvgIpc) is 3.02. The average molecular weight is 541 g/mol. The van der Waals surface area contributed by atoms with Crippen LogP contribution in [0.25, 0.3) is 32.7 Å². The van der Waals surface area contributed by atoms with Crippen LogP contribution in [0.5, 0.6) is 11.5 Å². The summed E-state index contributed by atoms with van der Waals surface area (Å²) in [6.45, 7) is 15.6. The number of phenols is 1. The molecule has 40 heavy (non-hydrogen) atoms. The van der Waals surface area contributed by atoms with E-state index in [1.165, 1.54) is 0 Å². The van der Waals surface area contributed by atoms with Crippen molar-refractivity contribution in [3.8, 4) is 22.6 Å². The first kappa shape index (κ1) is 25.8. The normalized spacial score (nSPS) is 26.7. The van der Waals surface area contributed by atoms with Gasteiger partial charge in [-0.1, -0.05) is 83.1 Å². The molecule has 0 amide bonds. The fourth-order valence-corrected chi connectivity index (χ4v) is 7.54. The van der Waals surface area contributed by atoms with Crippen LogP contribution in [0, 0.1) is 10.8 Å². The first-order chi connectivity index (χ1) is 18.8. The Kier molecular flexibility index (Phi) is 5.14. The number of fused-ring (bicyclic) bond motifs is 4. The quantitative estimate of drug-likeness (QED) is 0.260. The third-order valence-electron chi connectivity index (χ3n) is 9.07. The zero-order chi connectivity index (χ0) is 28.3. The summed E-state index contributed by atoms with van der Waals surface area (Å²) < 4.78 is 19.0. The van der Waals surface area contributed by atoms with E-state index in [-0.39, 0.29) is 16.6 Å². The minimum Gasteiger partial charge on any atom is -0.507 e. The molecule has 0 bridgehead atoms. The maximum atomic E-state index is 11.5. The molecule has 3 aliphatic rings. The van der Waals surface area contributed by atoms with E-state index in [1.54, 1.807) is 6.07 Å². The van der Waals surface area contributed by atoms with Crippen molar-refractivity contribution in [1.29, 1.82) is 0 Å². The minimum atomic E-state index is -1.09. The Hall–Kier alpha value is -3.16. The highest BCUT2D eigenvalue weighted by atomic mass is 17.3. The molecule has 0 radical (unpaired) electrons. The van der Waals surface area contributed by atoms with Crippen LogP contribution in [0.2, 0.25) is 0 Å². The summed E-state index contributed by atoms with van der Waals surface area (Å²) in [4.78, 5) is 12.1. The second-order valence-electron chi connectivity index (χ2n) is 13.5. The Morgan fingerprint density at radius 1 is 0.775 bits per heavy atom. The van der Waals surface area contributed by atoms with Crippen molar-refractivity contribution in [1.82, 2.24) is 0 Å². The van der Waals surface area contributed by atoms with Crippen LogP contribution in [-0.4, -0.2) is 23.1 Å². The summed E-state index contributed by atoms with van der Waals surface area (Å²) in [5, 5.41) is 15.4. The molecule has 0 saturated carbocycles. The molecule has 7 rings (SSSR count). The highest BCUT2D eigenvalue weighted by molar-refractivity contribution is 6.10. The van der Waals surface area contributed by atoms with Gasteiger partial charge in [0.2, 0.25) is 5.79 Å². The standard InChI is InChI=1S/C34H36O6/c1-30(2,3)34-31(4,5)19-37-33(34,39-40-34)25-14-10-13-23-22(25)15-16-26(35)29(23)28-21-12-9-8-11-20(21)17-27-24(28)18-36-32(6,7)38-27/h8-17,35H,18-19H2,1-7H3/t33-,34-/m1/s1. The first-order valence-electron chi connectivity index (χ1n) is 14.0. The zero-order valence-corrected chi connectivity index (χ0v) is 24.2. The van der Waals surface area contributed by atoms with Gasteiger partial charge >= 0.3 is 0 Å². The van der Waals surface area contributed by atoms with E-state index in [9.17, 15) is 5.11 Å². The van der Waals surface area contributed by atoms with Crippen LogP contribution in [0.4, 0.5) is 0 Å². The molecule has 3 heterocycles. The molecular formula is C34H36O6. The number of phenolic OH excluding ortho intramolecular Hbond substituents is 1. The van der Waals surface area contributed by atoms with Gasteiger partial charge in [0.05, 0.1) is 13.2 Å². The van der Waals surface area contributed by atoms with Crippen molar-refractivity contribution in [3.63, 3.8) is 0 Å². The monoisotopic (exact) mass is 540 g/mol. The number of hydrogen-bond acceptors (Lipinski definition) is 6. The van der Waals surface area contributed by atoms with Crippen molar-refractivity contribution in [2.45, 2.75) is 72.2 Å². The summed E-state index contributed by atoms with van der Waals surface area (Å²) in [5.74, 6) is -0.883. The Balaban J connectivity index is 1.53. The number of benzene rings is 4. The number of hydrogen-bond donors (Lipinski definition) is 1. The predicted octanol–water partition coefficient (Wildman–Crippen LogP) is 7.97. The summed E-state index contributed by atoms with van der Waals surface area (Å²) in [7, 11) is 0. The van der Waals surface area contributed by atoms with Crippen LogP contribution in [0.1, 0.15) is 59.6 Å². The van der Waals surface area contributed by atoms with Crippen LogP contribution in [0.3, 0.4) is 0 Å². The van der Waals surface area contributed by atoms with Gasteiger partial charge in [0, 0.05) is 46.9 Å². The fourth-order valence-electron chi connectivity index (χ4n) is 7.54. The van der Waals surface area contributed by atoms with E-state index in [1.807, 2.05) is 44.2 Å². The Bertz CT molecular complexity index is 1700. The molecule has 2 saturated heterocycles. The SMILES string of the molecule is CC1(C)OCc2c(cc3ccccc3c2-c2c(O)ccc3c([C@]45OCC(C)(C)[C@@]4(C(C)(C)C)OO5)cccc23)O1. The zero-order valence-electron chi connectivity index (χ0n) is 24.2. The molecule has 0 spiro atoms. The molecule has 4 aromatic carbocycles. The van der Waals surface area contributed by atoms with Gasteiger partial charge in [0.1, 0.15) is 11.5 Å². The van der Waals surface area contributed by atoms with Crippen molar-refractivity contribution >= 4 is 21.5 Å². The van der Waals surface area contributed by atoms with E-state index < -0.39 is 17.2 Å². The number of aromatic hydroxyl groups is 1. The molecule has 2 atom stereocenters. The van der Waals surface area contributed by atoms with Crippen molar-refractivity contribution in [3.05, 3.63) is 71.8 Å². The summed E-state index contributed by atoms with van der Waals surface area (Å²) in [6, 6.07) is 20.1. The van der Waals surface area contributed by atoms with Crippen molar-refractivity contribution in [2.24, 2.45) is 10.8 Å². The van der Waals surface area contributed by atoms with Crippen molar-refractivity contribution < 1.29 is 29.1 Å². The van der Waals surface area contributed by atoms with E-state index in [0.29, 0.717) is 13.2 Å². The van der Waals surface area contributed by atoms with Gasteiger partial charge in [0.25, 0.3) is 5.79 Å². The smallest absolute Gasteiger partial charge is 0.262 e. The molecule has 4 aromatic rings. The molecule has 3 aliphatic heterocycles. The third kappa shape index (κ3) is 3.13. The van der Waals surface area contributed by atoms with Gasteiger partial charge in [0.15, 0.2) is 5.60 Å². The first-order valence-corrected chi connectivity index (χ1v) is 14.0. The summed E-state index contributed by atoms with van der Waals surface area (Å²) in [5.41, 5.74) is 2.13. The molecule has 6 nitrogen and oxygen atoms in total. The maximum Gasteiger partial charge on any atom is 0.262 e. The highest BCUT2D eigenvalue weighted by Crippen LogP contribution is 2.69. The van der Waals surface area contributed by atoms with E-state index in [0.717, 1.165) is 49.5 Å². The summed E-state index contributed by atoms with van der Waals surface area (Å²) in [6.07, 6.45) is 0. The molecule has 1 N–H and O–H groups in total. The Labute approximate surface area is 234 Å². The highest BCUT2D eigenvalue weighted by Gasteiger charge is 2.81. The molecule has 6 heteroatoms. The van der Waals surface area contributed by atoms with Gasteiger partial charge in [-0.2, -0.15) is 4.89 Å². The molecule has 0 unspecified atom stereocenters. The summed E-state index contributed by atoms with van der Waals surface area (Å²) >= 11 is 0. The molecule has 2 fully saturated rings. The van der Waals surface area contributed by atoms with Crippen LogP contribution >= 0.6 is 0 Å². The second-order valence-corrected chi connectivity index (χ2v) is 13.5. The number of rotatable bonds is 2.